The summed E-state index contributed by atoms with van der Waals surface area (Å²) in [6.07, 6.45) is 3.80. The molecule has 0 aliphatic carbocycles. The van der Waals surface area contributed by atoms with Gasteiger partial charge in [0, 0.05) is 20.0 Å². The van der Waals surface area contributed by atoms with E-state index in [0.717, 1.165) is 35.8 Å². The van der Waals surface area contributed by atoms with Crippen LogP contribution in [0, 0.1) is 0 Å². The Morgan fingerprint density at radius 1 is 0.857 bits per heavy atom. The zero-order chi connectivity index (χ0) is 25.0. The summed E-state index contributed by atoms with van der Waals surface area (Å²) in [4.78, 5) is 28.4. The SMILES string of the molecule is CN[C@H](Cc1ccc2ccccc2c1)C(=O)N(C)[C@H](Cc1ccccc1)C(=O)NCCCCCN. The largest absolute Gasteiger partial charge is 0.354 e. The van der Waals surface area contributed by atoms with Crippen molar-refractivity contribution >= 4 is 22.6 Å². The summed E-state index contributed by atoms with van der Waals surface area (Å²) < 4.78 is 0. The Hall–Kier alpha value is -3.22. The van der Waals surface area contributed by atoms with Crippen molar-refractivity contribution in [2.24, 2.45) is 5.73 Å². The maximum Gasteiger partial charge on any atom is 0.243 e. The molecule has 0 saturated heterocycles. The maximum absolute atomic E-state index is 13.6. The number of rotatable bonds is 13. The molecule has 6 nitrogen and oxygen atoms in total. The molecule has 0 spiro atoms. The van der Waals surface area contributed by atoms with Crippen LogP contribution in [0.5, 0.6) is 0 Å². The number of likely N-dealkylation sites (N-methyl/N-ethyl adjacent to an activating group) is 2. The second-order valence-corrected chi connectivity index (χ2v) is 9.02. The first-order chi connectivity index (χ1) is 17.0. The van der Waals surface area contributed by atoms with Crippen LogP contribution in [0.3, 0.4) is 0 Å². The third-order valence-corrected chi connectivity index (χ3v) is 6.47. The standard InChI is InChI=1S/C29H38N4O2/c1-31-26(20-23-15-16-24-13-7-8-14-25(24)19-23)29(35)33(2)27(21-22-11-5-3-6-12-22)28(34)32-18-10-4-9-17-30/h3,5-8,11-16,19,26-27,31H,4,9-10,17-18,20-21,30H2,1-2H3,(H,32,34)/t26-,27-/m1/s1. The summed E-state index contributed by atoms with van der Waals surface area (Å²) in [5, 5.41) is 8.52. The predicted octanol–water partition coefficient (Wildman–Crippen LogP) is 3.29. The molecule has 0 saturated carbocycles. The fourth-order valence-corrected chi connectivity index (χ4v) is 4.33. The average molecular weight is 475 g/mol. The molecule has 186 valence electrons. The highest BCUT2D eigenvalue weighted by molar-refractivity contribution is 5.90. The molecule has 2 amide bonds. The number of carbonyl (C=O) groups excluding carboxylic acids is 2. The molecule has 3 aromatic carbocycles. The number of unbranched alkanes of at least 4 members (excludes halogenated alkanes) is 2. The molecule has 0 bridgehead atoms. The normalized spacial score (nSPS) is 12.8. The van der Waals surface area contributed by atoms with Crippen molar-refractivity contribution < 1.29 is 9.59 Å². The first-order valence-electron chi connectivity index (χ1n) is 12.5. The average Bonchev–Trinajstić information content (AvgIpc) is 2.89. The van der Waals surface area contributed by atoms with Crippen molar-refractivity contribution in [2.45, 2.75) is 44.2 Å². The molecule has 4 N–H and O–H groups in total. The van der Waals surface area contributed by atoms with Crippen molar-refractivity contribution in [3.05, 3.63) is 83.9 Å². The summed E-state index contributed by atoms with van der Waals surface area (Å²) in [7, 11) is 3.52. The Morgan fingerprint density at radius 2 is 1.57 bits per heavy atom. The Labute approximate surface area is 208 Å². The molecular weight excluding hydrogens is 436 g/mol. The van der Waals surface area contributed by atoms with E-state index in [0.29, 0.717) is 25.9 Å². The number of hydrogen-bond acceptors (Lipinski definition) is 4. The van der Waals surface area contributed by atoms with Gasteiger partial charge in [0.05, 0.1) is 6.04 Å². The summed E-state index contributed by atoms with van der Waals surface area (Å²) in [5.41, 5.74) is 7.66. The van der Waals surface area contributed by atoms with Crippen LogP contribution in [0.25, 0.3) is 10.8 Å². The lowest BCUT2D eigenvalue weighted by Crippen LogP contribution is -2.54. The molecule has 0 aliphatic rings. The van der Waals surface area contributed by atoms with Gasteiger partial charge in [-0.3, -0.25) is 9.59 Å². The van der Waals surface area contributed by atoms with Gasteiger partial charge in [0.2, 0.25) is 11.8 Å². The Balaban J connectivity index is 1.72. The molecule has 0 radical (unpaired) electrons. The highest BCUT2D eigenvalue weighted by atomic mass is 16.2. The van der Waals surface area contributed by atoms with Crippen LogP contribution in [0.4, 0.5) is 0 Å². The summed E-state index contributed by atoms with van der Waals surface area (Å²) in [5.74, 6) is -0.224. The molecular formula is C29H38N4O2. The number of nitrogens with two attached hydrogens (primary N) is 1. The minimum Gasteiger partial charge on any atom is -0.354 e. The molecule has 2 atom stereocenters. The monoisotopic (exact) mass is 474 g/mol. The number of nitrogens with one attached hydrogen (secondary N) is 2. The fourth-order valence-electron chi connectivity index (χ4n) is 4.33. The van der Waals surface area contributed by atoms with Crippen LogP contribution >= 0.6 is 0 Å². The van der Waals surface area contributed by atoms with Gasteiger partial charge < -0.3 is 21.3 Å². The van der Waals surface area contributed by atoms with Crippen molar-refractivity contribution in [3.8, 4) is 0 Å². The summed E-state index contributed by atoms with van der Waals surface area (Å²) in [6, 6.07) is 23.3. The zero-order valence-corrected chi connectivity index (χ0v) is 20.9. The van der Waals surface area contributed by atoms with E-state index in [1.807, 2.05) is 42.5 Å². The van der Waals surface area contributed by atoms with E-state index in [1.165, 1.54) is 5.39 Å². The van der Waals surface area contributed by atoms with Crippen molar-refractivity contribution in [2.75, 3.05) is 27.2 Å². The molecule has 35 heavy (non-hydrogen) atoms. The van der Waals surface area contributed by atoms with Crippen LogP contribution in [0.2, 0.25) is 0 Å². The summed E-state index contributed by atoms with van der Waals surface area (Å²) >= 11 is 0. The van der Waals surface area contributed by atoms with Gasteiger partial charge in [-0.1, -0.05) is 79.2 Å². The lowest BCUT2D eigenvalue weighted by molar-refractivity contribution is -0.140. The topological polar surface area (TPSA) is 87.5 Å². The third kappa shape index (κ3) is 7.64. The van der Waals surface area contributed by atoms with Gasteiger partial charge >= 0.3 is 0 Å². The lowest BCUT2D eigenvalue weighted by atomic mass is 9.99. The minimum atomic E-state index is -0.591. The van der Waals surface area contributed by atoms with Crippen molar-refractivity contribution in [3.63, 3.8) is 0 Å². The van der Waals surface area contributed by atoms with E-state index in [9.17, 15) is 9.59 Å². The number of hydrogen-bond donors (Lipinski definition) is 3. The number of amides is 2. The van der Waals surface area contributed by atoms with Gasteiger partial charge in [-0.25, -0.2) is 0 Å². The van der Waals surface area contributed by atoms with Gasteiger partial charge in [-0.15, -0.1) is 0 Å². The fraction of sp³-hybridized carbons (Fsp3) is 0.379. The Kier molecular flexibility index (Phi) is 10.3. The van der Waals surface area contributed by atoms with Crippen molar-refractivity contribution in [1.29, 1.82) is 0 Å². The van der Waals surface area contributed by atoms with E-state index in [-0.39, 0.29) is 11.8 Å². The van der Waals surface area contributed by atoms with Crippen LogP contribution in [0.1, 0.15) is 30.4 Å². The number of carbonyl (C=O) groups is 2. The molecule has 3 aromatic rings. The number of nitrogens with zero attached hydrogens (tertiary/aromatic N) is 1. The lowest BCUT2D eigenvalue weighted by Gasteiger charge is -2.31. The van der Waals surface area contributed by atoms with Gasteiger partial charge in [0.15, 0.2) is 0 Å². The maximum atomic E-state index is 13.6. The molecule has 0 heterocycles. The number of fused-ring (bicyclic) bond motifs is 1. The van der Waals surface area contributed by atoms with Crippen LogP contribution in [-0.2, 0) is 22.4 Å². The molecule has 0 fully saturated rings. The van der Waals surface area contributed by atoms with E-state index in [1.54, 1.807) is 19.0 Å². The smallest absolute Gasteiger partial charge is 0.243 e. The van der Waals surface area contributed by atoms with Gasteiger partial charge in [0.25, 0.3) is 0 Å². The minimum absolute atomic E-state index is 0.0973. The predicted molar refractivity (Wildman–Crippen MR) is 143 cm³/mol. The van der Waals surface area contributed by atoms with Gasteiger partial charge in [-0.05, 0) is 54.8 Å². The zero-order valence-electron chi connectivity index (χ0n) is 20.9. The molecule has 6 heteroatoms. The van der Waals surface area contributed by atoms with Crippen LogP contribution in [0.15, 0.2) is 72.8 Å². The van der Waals surface area contributed by atoms with E-state index in [2.05, 4.69) is 41.0 Å². The third-order valence-electron chi connectivity index (χ3n) is 6.47. The first kappa shape index (κ1) is 26.4. The second kappa shape index (κ2) is 13.6. The second-order valence-electron chi connectivity index (χ2n) is 9.02. The summed E-state index contributed by atoms with van der Waals surface area (Å²) in [6.45, 7) is 1.24. The quantitative estimate of drug-likeness (QED) is 0.332. The Morgan fingerprint density at radius 3 is 2.29 bits per heavy atom. The first-order valence-corrected chi connectivity index (χ1v) is 12.5. The highest BCUT2D eigenvalue weighted by Crippen LogP contribution is 2.18. The highest BCUT2D eigenvalue weighted by Gasteiger charge is 2.31. The molecule has 0 aromatic heterocycles. The molecule has 3 rings (SSSR count). The van der Waals surface area contributed by atoms with Crippen LogP contribution < -0.4 is 16.4 Å². The Bertz CT molecular complexity index is 1090. The van der Waals surface area contributed by atoms with Crippen molar-refractivity contribution in [1.82, 2.24) is 15.5 Å². The van der Waals surface area contributed by atoms with Gasteiger partial charge in [-0.2, -0.15) is 0 Å². The number of benzene rings is 3. The van der Waals surface area contributed by atoms with Crippen LogP contribution in [-0.4, -0.2) is 56.0 Å². The molecule has 0 unspecified atom stereocenters. The van der Waals surface area contributed by atoms with E-state index < -0.39 is 12.1 Å². The van der Waals surface area contributed by atoms with Gasteiger partial charge in [0.1, 0.15) is 6.04 Å². The van der Waals surface area contributed by atoms with E-state index in [4.69, 9.17) is 5.73 Å². The van der Waals surface area contributed by atoms with E-state index >= 15 is 0 Å². The molecule has 0 aliphatic heterocycles.